The van der Waals surface area contributed by atoms with Crippen LogP contribution in [0.4, 0.5) is 5.82 Å². The average Bonchev–Trinajstić information content (AvgIpc) is 3.30. The normalized spacial score (nSPS) is 11.5. The first kappa shape index (κ1) is 19.2. The van der Waals surface area contributed by atoms with Gasteiger partial charge in [-0.2, -0.15) is 5.26 Å². The molecule has 0 aliphatic carbocycles. The summed E-state index contributed by atoms with van der Waals surface area (Å²) >= 11 is 5.75. The molecule has 0 bridgehead atoms. The number of anilines is 1. The molecule has 8 nitrogen and oxygen atoms in total. The zero-order chi connectivity index (χ0) is 20.3. The first-order chi connectivity index (χ1) is 13.4. The monoisotopic (exact) mass is 398 g/mol. The minimum absolute atomic E-state index is 0.0181. The molecule has 3 rings (SSSR count). The Kier molecular flexibility index (Phi) is 5.47. The van der Waals surface area contributed by atoms with Crippen molar-refractivity contribution in [2.75, 3.05) is 5.32 Å². The number of nitrogens with one attached hydrogen (secondary N) is 1. The Labute approximate surface area is 165 Å². The number of ether oxygens (including phenoxy) is 1. The molecule has 0 unspecified atom stereocenters. The summed E-state index contributed by atoms with van der Waals surface area (Å²) in [6, 6.07) is 8.57. The smallest absolute Gasteiger partial charge is 0.343 e. The molecule has 28 heavy (non-hydrogen) atoms. The van der Waals surface area contributed by atoms with Crippen LogP contribution in [0.2, 0.25) is 5.02 Å². The van der Waals surface area contributed by atoms with Crippen molar-refractivity contribution in [3.63, 3.8) is 0 Å². The molecule has 1 amide bonds. The highest BCUT2D eigenvalue weighted by Gasteiger charge is 2.28. The molecule has 142 valence electrons. The molecule has 0 aromatic carbocycles. The van der Waals surface area contributed by atoms with Crippen molar-refractivity contribution >= 4 is 29.3 Å². The maximum absolute atomic E-state index is 12.6. The maximum atomic E-state index is 12.6. The lowest BCUT2D eigenvalue weighted by Crippen LogP contribution is -2.30. The van der Waals surface area contributed by atoms with Crippen LogP contribution in [-0.4, -0.2) is 27.5 Å². The number of aromatic nitrogens is 2. The van der Waals surface area contributed by atoms with Crippen molar-refractivity contribution in [1.82, 2.24) is 9.55 Å². The maximum Gasteiger partial charge on any atom is 0.343 e. The number of amides is 1. The number of furan rings is 1. The summed E-state index contributed by atoms with van der Waals surface area (Å²) in [7, 11) is 0. The molecule has 0 aliphatic rings. The molecule has 0 spiro atoms. The van der Waals surface area contributed by atoms with Gasteiger partial charge in [0.1, 0.15) is 28.8 Å². The van der Waals surface area contributed by atoms with Crippen LogP contribution in [0.1, 0.15) is 28.6 Å². The second-order valence-corrected chi connectivity index (χ2v) is 6.25. The number of hydrogen-bond donors (Lipinski definition) is 1. The Morgan fingerprint density at radius 1 is 1.36 bits per heavy atom. The number of pyridine rings is 1. The highest BCUT2D eigenvalue weighted by atomic mass is 35.5. The first-order valence-electron chi connectivity index (χ1n) is 8.21. The van der Waals surface area contributed by atoms with Crippen LogP contribution in [0.25, 0.3) is 5.88 Å². The zero-order valence-electron chi connectivity index (χ0n) is 15.0. The quantitative estimate of drug-likeness (QED) is 0.659. The van der Waals surface area contributed by atoms with Crippen molar-refractivity contribution in [2.24, 2.45) is 0 Å². The minimum Gasteiger partial charge on any atom is -0.449 e. The fraction of sp³-hybridized carbons (Fsp3) is 0.158. The molecule has 3 aromatic rings. The van der Waals surface area contributed by atoms with Gasteiger partial charge in [-0.3, -0.25) is 9.36 Å². The third-order valence-electron chi connectivity index (χ3n) is 3.85. The number of rotatable bonds is 5. The molecule has 3 heterocycles. The van der Waals surface area contributed by atoms with Gasteiger partial charge < -0.3 is 14.5 Å². The van der Waals surface area contributed by atoms with Crippen LogP contribution >= 0.6 is 11.6 Å². The van der Waals surface area contributed by atoms with Gasteiger partial charge in [-0.05, 0) is 38.1 Å². The lowest BCUT2D eigenvalue weighted by Gasteiger charge is -2.13. The largest absolute Gasteiger partial charge is 0.449 e. The topological polar surface area (TPSA) is 110 Å². The number of carbonyl (C=O) groups is 2. The van der Waals surface area contributed by atoms with E-state index in [1.165, 1.54) is 19.2 Å². The predicted molar refractivity (Wildman–Crippen MR) is 100 cm³/mol. The third-order valence-corrected chi connectivity index (χ3v) is 4.08. The van der Waals surface area contributed by atoms with Gasteiger partial charge in [0.15, 0.2) is 6.10 Å². The molecule has 0 fully saturated rings. The molecule has 0 saturated carbocycles. The molecule has 0 aliphatic heterocycles. The fourth-order valence-electron chi connectivity index (χ4n) is 2.48. The van der Waals surface area contributed by atoms with E-state index in [-0.39, 0.29) is 28.6 Å². The van der Waals surface area contributed by atoms with Gasteiger partial charge in [-0.25, -0.2) is 9.78 Å². The minimum atomic E-state index is -1.12. The molecule has 0 radical (unpaired) electrons. The zero-order valence-corrected chi connectivity index (χ0v) is 15.7. The number of carbonyl (C=O) groups excluding carboxylic acids is 2. The van der Waals surface area contributed by atoms with Gasteiger partial charge in [0.25, 0.3) is 5.91 Å². The number of nitriles is 1. The van der Waals surface area contributed by atoms with Crippen molar-refractivity contribution in [3.05, 3.63) is 64.8 Å². The number of nitrogens with zero attached hydrogens (tertiary/aromatic N) is 3. The van der Waals surface area contributed by atoms with Crippen LogP contribution in [0.3, 0.4) is 0 Å². The number of esters is 1. The Morgan fingerprint density at radius 2 is 2.07 bits per heavy atom. The molecular weight excluding hydrogens is 384 g/mol. The van der Waals surface area contributed by atoms with Crippen LogP contribution in [0.15, 0.2) is 47.3 Å². The lowest BCUT2D eigenvalue weighted by molar-refractivity contribution is -0.123. The van der Waals surface area contributed by atoms with Crippen molar-refractivity contribution in [1.29, 1.82) is 5.26 Å². The standard InChI is InChI=1S/C19H15ClN4O4/c1-11-16(14(9-21)18(27-11)24-7-3-4-8-24)19(26)28-12(2)17(25)23-15-6-5-13(20)10-22-15/h3-8,10,12H,1-2H3,(H,22,23,25)/t12-/m1/s1. The van der Waals surface area contributed by atoms with Crippen molar-refractivity contribution < 1.29 is 18.7 Å². The van der Waals surface area contributed by atoms with Crippen molar-refractivity contribution in [3.8, 4) is 12.0 Å². The van der Waals surface area contributed by atoms with Gasteiger partial charge in [0.2, 0.25) is 5.88 Å². The predicted octanol–water partition coefficient (Wildman–Crippen LogP) is 3.48. The summed E-state index contributed by atoms with van der Waals surface area (Å²) in [6.07, 6.45) is 3.62. The van der Waals surface area contributed by atoms with E-state index in [2.05, 4.69) is 10.3 Å². The van der Waals surface area contributed by atoms with E-state index < -0.39 is 18.0 Å². The van der Waals surface area contributed by atoms with Gasteiger partial charge in [-0.1, -0.05) is 11.6 Å². The molecule has 3 aromatic heterocycles. The first-order valence-corrected chi connectivity index (χ1v) is 8.58. The lowest BCUT2D eigenvalue weighted by atomic mass is 10.1. The Morgan fingerprint density at radius 3 is 2.68 bits per heavy atom. The molecular formula is C19H15ClN4O4. The van der Waals surface area contributed by atoms with E-state index in [1.807, 2.05) is 6.07 Å². The highest BCUT2D eigenvalue weighted by molar-refractivity contribution is 6.30. The summed E-state index contributed by atoms with van der Waals surface area (Å²) in [5, 5.41) is 12.4. The van der Waals surface area contributed by atoms with Crippen LogP contribution in [0, 0.1) is 18.3 Å². The van der Waals surface area contributed by atoms with Crippen molar-refractivity contribution in [2.45, 2.75) is 20.0 Å². The second kappa shape index (κ2) is 7.98. The summed E-state index contributed by atoms with van der Waals surface area (Å²) in [5.74, 6) is -0.711. The van der Waals surface area contributed by atoms with E-state index in [0.717, 1.165) is 0 Å². The van der Waals surface area contributed by atoms with Crippen LogP contribution < -0.4 is 5.32 Å². The molecule has 0 saturated heterocycles. The van der Waals surface area contributed by atoms with Gasteiger partial charge >= 0.3 is 5.97 Å². The van der Waals surface area contributed by atoms with E-state index in [1.54, 1.807) is 42.1 Å². The van der Waals surface area contributed by atoms with Crippen LogP contribution in [0.5, 0.6) is 0 Å². The Hall–Kier alpha value is -3.57. The number of aryl methyl sites for hydroxylation is 1. The SMILES string of the molecule is Cc1oc(-n2cccc2)c(C#N)c1C(=O)O[C@H](C)C(=O)Nc1ccc(Cl)cn1. The van der Waals surface area contributed by atoms with Gasteiger partial charge in [0, 0.05) is 18.6 Å². The average molecular weight is 399 g/mol. The molecule has 9 heteroatoms. The molecule has 1 N–H and O–H groups in total. The van der Waals surface area contributed by atoms with Gasteiger partial charge in [0.05, 0.1) is 5.02 Å². The number of hydrogen-bond acceptors (Lipinski definition) is 6. The van der Waals surface area contributed by atoms with E-state index in [0.29, 0.717) is 5.02 Å². The summed E-state index contributed by atoms with van der Waals surface area (Å²) in [6.45, 7) is 2.96. The van der Waals surface area contributed by atoms with E-state index in [4.69, 9.17) is 20.8 Å². The number of halogens is 1. The summed E-state index contributed by atoms with van der Waals surface area (Å²) in [5.41, 5.74) is 0.0149. The van der Waals surface area contributed by atoms with E-state index >= 15 is 0 Å². The third kappa shape index (κ3) is 3.89. The summed E-state index contributed by atoms with van der Waals surface area (Å²) in [4.78, 5) is 28.8. The Balaban J connectivity index is 1.76. The van der Waals surface area contributed by atoms with Crippen LogP contribution in [-0.2, 0) is 9.53 Å². The Bertz CT molecular complexity index is 1050. The highest BCUT2D eigenvalue weighted by Crippen LogP contribution is 2.26. The van der Waals surface area contributed by atoms with Gasteiger partial charge in [-0.15, -0.1) is 0 Å². The molecule has 1 atom stereocenters. The van der Waals surface area contributed by atoms with E-state index in [9.17, 15) is 14.9 Å². The second-order valence-electron chi connectivity index (χ2n) is 5.81. The fourth-order valence-corrected chi connectivity index (χ4v) is 2.59. The summed E-state index contributed by atoms with van der Waals surface area (Å²) < 4.78 is 12.4.